The summed E-state index contributed by atoms with van der Waals surface area (Å²) in [6, 6.07) is 0. The average molecular weight is 284 g/mol. The number of aromatic nitrogens is 2. The predicted molar refractivity (Wildman–Crippen MR) is 68.7 cm³/mol. The number of rotatable bonds is 7. The Bertz CT molecular complexity index is 451. The monoisotopic (exact) mass is 284 g/mol. The highest BCUT2D eigenvalue weighted by Crippen LogP contribution is 2.31. The van der Waals surface area contributed by atoms with Crippen molar-refractivity contribution < 1.29 is 23.7 Å². The van der Waals surface area contributed by atoms with Gasteiger partial charge in [-0.2, -0.15) is 0 Å². The first-order valence-electron chi connectivity index (χ1n) is 6.64. The molecule has 0 bridgehead atoms. The molecule has 0 aliphatic carbocycles. The molecule has 0 fully saturated rings. The Labute approximate surface area is 117 Å². The Morgan fingerprint density at radius 2 is 1.65 bits per heavy atom. The Morgan fingerprint density at radius 1 is 1.10 bits per heavy atom. The van der Waals surface area contributed by atoms with Crippen LogP contribution in [-0.4, -0.2) is 35.5 Å². The minimum Gasteiger partial charge on any atom is -0.465 e. The molecular weight excluding hydrogens is 264 g/mol. The molecule has 0 atom stereocenters. The number of ether oxygens (including phenoxy) is 2. The molecule has 7 heteroatoms. The van der Waals surface area contributed by atoms with E-state index in [9.17, 15) is 9.59 Å². The summed E-state index contributed by atoms with van der Waals surface area (Å²) in [7, 11) is 0. The van der Waals surface area contributed by atoms with Gasteiger partial charge in [-0.05, 0) is 27.2 Å². The third-order valence-corrected chi connectivity index (χ3v) is 3.15. The zero-order chi connectivity index (χ0) is 15.2. The largest absolute Gasteiger partial charge is 0.465 e. The maximum absolute atomic E-state index is 12.2. The second kappa shape index (κ2) is 7.02. The normalized spacial score (nSPS) is 11.2. The number of aryl methyl sites for hydroxylation is 1. The summed E-state index contributed by atoms with van der Waals surface area (Å²) in [6.07, 6.45) is 0.299. The van der Waals surface area contributed by atoms with E-state index in [1.54, 1.807) is 27.7 Å². The molecule has 0 saturated heterocycles. The minimum absolute atomic E-state index is 0.0521. The molecule has 0 aliphatic rings. The molecule has 0 saturated carbocycles. The third-order valence-electron chi connectivity index (χ3n) is 3.15. The zero-order valence-corrected chi connectivity index (χ0v) is 12.3. The number of carbonyl (C=O) groups is 2. The van der Waals surface area contributed by atoms with Crippen molar-refractivity contribution in [2.75, 3.05) is 13.2 Å². The number of hydrogen-bond acceptors (Lipinski definition) is 7. The Morgan fingerprint density at radius 3 is 2.00 bits per heavy atom. The standard InChI is InChI=1S/C13H20N2O5/c1-5-13(11(16)18-6-2,12(17)19-7-3)8-10-9(4)14-20-15-10/h5-8H2,1-4H3. The summed E-state index contributed by atoms with van der Waals surface area (Å²) in [5.41, 5.74) is -0.417. The van der Waals surface area contributed by atoms with E-state index in [1.807, 2.05) is 0 Å². The fourth-order valence-corrected chi connectivity index (χ4v) is 1.88. The topological polar surface area (TPSA) is 91.5 Å². The second-order valence-corrected chi connectivity index (χ2v) is 4.35. The highest BCUT2D eigenvalue weighted by atomic mass is 16.6. The lowest BCUT2D eigenvalue weighted by Crippen LogP contribution is -2.43. The smallest absolute Gasteiger partial charge is 0.323 e. The van der Waals surface area contributed by atoms with E-state index in [4.69, 9.17) is 9.47 Å². The van der Waals surface area contributed by atoms with E-state index in [0.717, 1.165) is 0 Å². The summed E-state index contributed by atoms with van der Waals surface area (Å²) in [6.45, 7) is 7.18. The molecule has 0 aromatic carbocycles. The molecular formula is C13H20N2O5. The van der Waals surface area contributed by atoms with Crippen LogP contribution in [0.5, 0.6) is 0 Å². The van der Waals surface area contributed by atoms with Crippen molar-refractivity contribution in [3.05, 3.63) is 11.4 Å². The first kappa shape index (κ1) is 16.1. The van der Waals surface area contributed by atoms with Crippen LogP contribution in [-0.2, 0) is 25.5 Å². The molecule has 0 amide bonds. The third kappa shape index (κ3) is 3.15. The molecule has 0 radical (unpaired) electrons. The predicted octanol–water partition coefficient (Wildman–Crippen LogP) is 1.44. The van der Waals surface area contributed by atoms with Crippen LogP contribution in [0, 0.1) is 12.3 Å². The van der Waals surface area contributed by atoms with Crippen LogP contribution in [0.2, 0.25) is 0 Å². The van der Waals surface area contributed by atoms with Gasteiger partial charge in [0, 0.05) is 6.42 Å². The summed E-state index contributed by atoms with van der Waals surface area (Å²) >= 11 is 0. The molecule has 7 nitrogen and oxygen atoms in total. The van der Waals surface area contributed by atoms with Gasteiger partial charge < -0.3 is 9.47 Å². The molecule has 1 aromatic rings. The molecule has 0 N–H and O–H groups in total. The van der Waals surface area contributed by atoms with E-state index >= 15 is 0 Å². The van der Waals surface area contributed by atoms with Crippen molar-refractivity contribution in [2.45, 2.75) is 40.5 Å². The summed E-state index contributed by atoms with van der Waals surface area (Å²) < 4.78 is 14.7. The Hall–Kier alpha value is -1.92. The van der Waals surface area contributed by atoms with Gasteiger partial charge in [0.2, 0.25) is 0 Å². The van der Waals surface area contributed by atoms with Crippen LogP contribution in [0.15, 0.2) is 4.63 Å². The number of esters is 2. The van der Waals surface area contributed by atoms with Gasteiger partial charge in [0.15, 0.2) is 5.41 Å². The van der Waals surface area contributed by atoms with Crippen molar-refractivity contribution in [1.29, 1.82) is 0 Å². The van der Waals surface area contributed by atoms with Crippen LogP contribution < -0.4 is 0 Å². The van der Waals surface area contributed by atoms with Crippen molar-refractivity contribution in [2.24, 2.45) is 5.41 Å². The fourth-order valence-electron chi connectivity index (χ4n) is 1.88. The van der Waals surface area contributed by atoms with Crippen LogP contribution in [0.3, 0.4) is 0 Å². The van der Waals surface area contributed by atoms with E-state index in [2.05, 4.69) is 14.9 Å². The lowest BCUT2D eigenvalue weighted by Gasteiger charge is -2.27. The van der Waals surface area contributed by atoms with Crippen LogP contribution >= 0.6 is 0 Å². The first-order chi connectivity index (χ1) is 9.51. The number of carbonyl (C=O) groups excluding carboxylic acids is 2. The van der Waals surface area contributed by atoms with Crippen molar-refractivity contribution >= 4 is 11.9 Å². The maximum atomic E-state index is 12.2. The molecule has 1 aromatic heterocycles. The van der Waals surface area contributed by atoms with Crippen LogP contribution in [0.4, 0.5) is 0 Å². The summed E-state index contributed by atoms with van der Waals surface area (Å²) in [5.74, 6) is -1.22. The second-order valence-electron chi connectivity index (χ2n) is 4.35. The number of hydrogen-bond donors (Lipinski definition) is 0. The quantitative estimate of drug-likeness (QED) is 0.552. The SMILES string of the molecule is CCOC(=O)C(CC)(Cc1nonc1C)C(=O)OCC. The Kier molecular flexibility index (Phi) is 5.66. The zero-order valence-electron chi connectivity index (χ0n) is 12.3. The van der Waals surface area contributed by atoms with Crippen molar-refractivity contribution in [1.82, 2.24) is 10.3 Å². The van der Waals surface area contributed by atoms with E-state index in [0.29, 0.717) is 11.4 Å². The van der Waals surface area contributed by atoms with Crippen LogP contribution in [0.1, 0.15) is 38.6 Å². The maximum Gasteiger partial charge on any atom is 0.323 e. The summed E-state index contributed by atoms with van der Waals surface area (Å²) in [4.78, 5) is 24.5. The molecule has 1 rings (SSSR count). The van der Waals surface area contributed by atoms with E-state index in [1.165, 1.54) is 0 Å². The van der Waals surface area contributed by atoms with Gasteiger partial charge >= 0.3 is 11.9 Å². The molecule has 112 valence electrons. The van der Waals surface area contributed by atoms with Gasteiger partial charge in [0.25, 0.3) is 0 Å². The highest BCUT2D eigenvalue weighted by Gasteiger charge is 2.48. The van der Waals surface area contributed by atoms with E-state index < -0.39 is 17.4 Å². The van der Waals surface area contributed by atoms with Gasteiger partial charge in [-0.1, -0.05) is 17.2 Å². The van der Waals surface area contributed by atoms with Gasteiger partial charge in [-0.25, -0.2) is 4.63 Å². The fraction of sp³-hybridized carbons (Fsp3) is 0.692. The van der Waals surface area contributed by atoms with Gasteiger partial charge in [-0.3, -0.25) is 9.59 Å². The highest BCUT2D eigenvalue weighted by molar-refractivity contribution is 6.00. The average Bonchev–Trinajstić information content (AvgIpc) is 2.81. The molecule has 1 heterocycles. The first-order valence-corrected chi connectivity index (χ1v) is 6.64. The number of nitrogens with zero attached hydrogens (tertiary/aromatic N) is 2. The van der Waals surface area contributed by atoms with Gasteiger partial charge in [0.1, 0.15) is 11.4 Å². The van der Waals surface area contributed by atoms with Gasteiger partial charge in [-0.15, -0.1) is 0 Å². The van der Waals surface area contributed by atoms with E-state index in [-0.39, 0.29) is 26.1 Å². The lowest BCUT2D eigenvalue weighted by atomic mass is 9.80. The molecule has 20 heavy (non-hydrogen) atoms. The van der Waals surface area contributed by atoms with Crippen molar-refractivity contribution in [3.8, 4) is 0 Å². The van der Waals surface area contributed by atoms with Crippen LogP contribution in [0.25, 0.3) is 0 Å². The Balaban J connectivity index is 3.13. The summed E-state index contributed by atoms with van der Waals surface area (Å²) in [5, 5.41) is 7.39. The van der Waals surface area contributed by atoms with Gasteiger partial charge in [0.05, 0.1) is 13.2 Å². The lowest BCUT2D eigenvalue weighted by molar-refractivity contribution is -0.172. The molecule has 0 aliphatic heterocycles. The molecule has 0 unspecified atom stereocenters. The van der Waals surface area contributed by atoms with Crippen molar-refractivity contribution in [3.63, 3.8) is 0 Å². The molecule has 0 spiro atoms. The minimum atomic E-state index is -1.41.